The first-order valence-electron chi connectivity index (χ1n) is 9.43. The average Bonchev–Trinajstić information content (AvgIpc) is 2.99. The fourth-order valence-corrected chi connectivity index (χ4v) is 5.27. The number of benzene rings is 2. The van der Waals surface area contributed by atoms with Gasteiger partial charge in [-0.25, -0.2) is 0 Å². The Kier molecular flexibility index (Phi) is 4.13. The lowest BCUT2D eigenvalue weighted by Gasteiger charge is -2.42. The van der Waals surface area contributed by atoms with Gasteiger partial charge in [-0.1, -0.05) is 37.3 Å². The molecule has 128 valence electrons. The smallest absolute Gasteiger partial charge is 0.0991 e. The number of nitriles is 1. The van der Waals surface area contributed by atoms with Crippen LogP contribution in [0.3, 0.4) is 0 Å². The lowest BCUT2D eigenvalue weighted by Crippen LogP contribution is -2.36. The van der Waals surface area contributed by atoms with Crippen LogP contribution in [0.5, 0.6) is 0 Å². The zero-order valence-electron chi connectivity index (χ0n) is 15.2. The predicted molar refractivity (Wildman–Crippen MR) is 102 cm³/mol. The Labute approximate surface area is 150 Å². The Morgan fingerprint density at radius 1 is 1.12 bits per heavy atom. The number of rotatable bonds is 3. The van der Waals surface area contributed by atoms with Crippen LogP contribution in [0.2, 0.25) is 0 Å². The van der Waals surface area contributed by atoms with E-state index in [1.807, 2.05) is 12.1 Å². The molecule has 0 aromatic heterocycles. The zero-order chi connectivity index (χ0) is 17.4. The third kappa shape index (κ3) is 2.68. The standard InChI is InChI=1S/C23H26N2/c1-23-12-11-19-13-18(17-5-3-16(14-24)4-6-17)7-9-21(19)22(23)10-8-20(23)15-25-2/h3-7,9,13,20,22,25H,8,10-12,15H2,1-2H3/t20-,22-,23-/m1/s1. The molecule has 0 amide bonds. The van der Waals surface area contributed by atoms with E-state index in [1.54, 1.807) is 5.56 Å². The quantitative estimate of drug-likeness (QED) is 0.869. The van der Waals surface area contributed by atoms with Crippen LogP contribution in [0.25, 0.3) is 11.1 Å². The van der Waals surface area contributed by atoms with E-state index in [9.17, 15) is 0 Å². The van der Waals surface area contributed by atoms with Crippen LogP contribution in [0, 0.1) is 22.7 Å². The molecule has 1 N–H and O–H groups in total. The largest absolute Gasteiger partial charge is 0.319 e. The van der Waals surface area contributed by atoms with Gasteiger partial charge >= 0.3 is 0 Å². The average molecular weight is 330 g/mol. The monoisotopic (exact) mass is 330 g/mol. The van der Waals surface area contributed by atoms with Crippen LogP contribution in [0.1, 0.15) is 48.8 Å². The maximum absolute atomic E-state index is 8.97. The molecule has 2 aliphatic carbocycles. The number of hydrogen-bond donors (Lipinski definition) is 1. The minimum absolute atomic E-state index is 0.450. The summed E-state index contributed by atoms with van der Waals surface area (Å²) in [5.41, 5.74) is 6.77. The van der Waals surface area contributed by atoms with Crippen molar-refractivity contribution in [2.24, 2.45) is 11.3 Å². The Morgan fingerprint density at radius 3 is 2.60 bits per heavy atom. The maximum Gasteiger partial charge on any atom is 0.0991 e. The van der Waals surface area contributed by atoms with Gasteiger partial charge in [0.05, 0.1) is 11.6 Å². The molecule has 2 heteroatoms. The molecule has 4 rings (SSSR count). The molecule has 0 bridgehead atoms. The molecule has 2 aromatic carbocycles. The van der Waals surface area contributed by atoms with E-state index in [1.165, 1.54) is 42.4 Å². The van der Waals surface area contributed by atoms with Gasteiger partial charge in [0.2, 0.25) is 0 Å². The van der Waals surface area contributed by atoms with Crippen molar-refractivity contribution in [1.29, 1.82) is 5.26 Å². The third-order valence-electron chi connectivity index (χ3n) is 6.78. The molecule has 2 nitrogen and oxygen atoms in total. The van der Waals surface area contributed by atoms with Crippen LogP contribution in [-0.2, 0) is 6.42 Å². The Balaban J connectivity index is 1.66. The van der Waals surface area contributed by atoms with Crippen LogP contribution < -0.4 is 5.32 Å². The minimum Gasteiger partial charge on any atom is -0.319 e. The lowest BCUT2D eigenvalue weighted by atomic mass is 9.63. The number of fused-ring (bicyclic) bond motifs is 3. The van der Waals surface area contributed by atoms with Crippen LogP contribution in [0.15, 0.2) is 42.5 Å². The Morgan fingerprint density at radius 2 is 1.88 bits per heavy atom. The van der Waals surface area contributed by atoms with Gasteiger partial charge in [0.15, 0.2) is 0 Å². The maximum atomic E-state index is 8.97. The second kappa shape index (κ2) is 6.32. The van der Waals surface area contributed by atoms with E-state index in [0.717, 1.165) is 18.0 Å². The van der Waals surface area contributed by atoms with Gasteiger partial charge in [0.1, 0.15) is 0 Å². The summed E-state index contributed by atoms with van der Waals surface area (Å²) in [6, 6.07) is 17.2. The van der Waals surface area contributed by atoms with E-state index >= 15 is 0 Å². The van der Waals surface area contributed by atoms with E-state index in [-0.39, 0.29) is 0 Å². The minimum atomic E-state index is 0.450. The van der Waals surface area contributed by atoms with Crippen LogP contribution in [-0.4, -0.2) is 13.6 Å². The first-order valence-corrected chi connectivity index (χ1v) is 9.43. The summed E-state index contributed by atoms with van der Waals surface area (Å²) in [7, 11) is 2.08. The summed E-state index contributed by atoms with van der Waals surface area (Å²) in [6.45, 7) is 3.66. The molecule has 0 unspecified atom stereocenters. The first-order chi connectivity index (χ1) is 12.2. The van der Waals surface area contributed by atoms with Gasteiger partial charge in [0, 0.05) is 0 Å². The summed E-state index contributed by atoms with van der Waals surface area (Å²) in [5.74, 6) is 1.51. The highest BCUT2D eigenvalue weighted by Crippen LogP contribution is 2.58. The molecular weight excluding hydrogens is 304 g/mol. The van der Waals surface area contributed by atoms with Crippen LogP contribution >= 0.6 is 0 Å². The van der Waals surface area contributed by atoms with Crippen LogP contribution in [0.4, 0.5) is 0 Å². The summed E-state index contributed by atoms with van der Waals surface area (Å²) in [4.78, 5) is 0. The van der Waals surface area contributed by atoms with Gasteiger partial charge in [0.25, 0.3) is 0 Å². The van der Waals surface area contributed by atoms with Gasteiger partial charge < -0.3 is 5.32 Å². The molecule has 1 saturated carbocycles. The molecule has 0 aliphatic heterocycles. The van der Waals surface area contributed by atoms with E-state index in [2.05, 4.69) is 55.7 Å². The van der Waals surface area contributed by atoms with E-state index in [4.69, 9.17) is 5.26 Å². The summed E-state index contributed by atoms with van der Waals surface area (Å²) in [6.07, 6.45) is 5.16. The normalized spacial score (nSPS) is 27.4. The molecule has 0 radical (unpaired) electrons. The number of hydrogen-bond acceptors (Lipinski definition) is 2. The van der Waals surface area contributed by atoms with Gasteiger partial charge in [-0.2, -0.15) is 5.26 Å². The molecule has 0 spiro atoms. The van der Waals surface area contributed by atoms with Crippen molar-refractivity contribution >= 4 is 0 Å². The SMILES string of the molecule is CNC[C@H]1CC[C@@H]2c3ccc(-c4ccc(C#N)cc4)cc3CC[C@]12C. The van der Waals surface area contributed by atoms with E-state index in [0.29, 0.717) is 11.3 Å². The number of nitrogens with one attached hydrogen (secondary N) is 1. The molecule has 0 saturated heterocycles. The summed E-state index contributed by atoms with van der Waals surface area (Å²) >= 11 is 0. The molecule has 0 heterocycles. The summed E-state index contributed by atoms with van der Waals surface area (Å²) < 4.78 is 0. The van der Waals surface area contributed by atoms with Gasteiger partial charge in [-0.3, -0.25) is 0 Å². The summed E-state index contributed by atoms with van der Waals surface area (Å²) in [5, 5.41) is 12.4. The second-order valence-electron chi connectivity index (χ2n) is 7.99. The molecule has 2 aliphatic rings. The predicted octanol–water partition coefficient (Wildman–Crippen LogP) is 4.89. The molecule has 25 heavy (non-hydrogen) atoms. The van der Waals surface area contributed by atoms with Crippen molar-refractivity contribution in [3.05, 3.63) is 59.2 Å². The number of nitrogens with zero attached hydrogens (tertiary/aromatic N) is 1. The second-order valence-corrected chi connectivity index (χ2v) is 7.99. The fourth-order valence-electron chi connectivity index (χ4n) is 5.27. The Bertz CT molecular complexity index is 815. The van der Waals surface area contributed by atoms with E-state index < -0.39 is 0 Å². The zero-order valence-corrected chi connectivity index (χ0v) is 15.2. The van der Waals surface area contributed by atoms with Crippen molar-refractivity contribution in [1.82, 2.24) is 5.32 Å². The van der Waals surface area contributed by atoms with Crippen molar-refractivity contribution in [3.8, 4) is 17.2 Å². The lowest BCUT2D eigenvalue weighted by molar-refractivity contribution is 0.171. The molecule has 3 atom stereocenters. The van der Waals surface area contributed by atoms with Crippen molar-refractivity contribution in [2.75, 3.05) is 13.6 Å². The molecule has 1 fully saturated rings. The first kappa shape index (κ1) is 16.4. The van der Waals surface area contributed by atoms with Crippen molar-refractivity contribution in [2.45, 2.75) is 38.5 Å². The molecule has 2 aromatic rings. The van der Waals surface area contributed by atoms with Crippen molar-refractivity contribution < 1.29 is 0 Å². The number of aryl methyl sites for hydroxylation is 1. The van der Waals surface area contributed by atoms with Gasteiger partial charge in [-0.05, 0) is 90.9 Å². The fraction of sp³-hybridized carbons (Fsp3) is 0.435. The third-order valence-corrected chi connectivity index (χ3v) is 6.78. The highest BCUT2D eigenvalue weighted by Gasteiger charge is 2.48. The van der Waals surface area contributed by atoms with Gasteiger partial charge in [-0.15, -0.1) is 0 Å². The topological polar surface area (TPSA) is 35.8 Å². The highest BCUT2D eigenvalue weighted by molar-refractivity contribution is 5.66. The Hall–Kier alpha value is -2.11. The highest BCUT2D eigenvalue weighted by atomic mass is 14.8. The van der Waals surface area contributed by atoms with Crippen molar-refractivity contribution in [3.63, 3.8) is 0 Å². The molecular formula is C23H26N2.